The Labute approximate surface area is 166 Å². The van der Waals surface area contributed by atoms with Crippen LogP contribution in [0, 0.1) is 0 Å². The number of aromatic nitrogens is 1. The van der Waals surface area contributed by atoms with Gasteiger partial charge in [-0.3, -0.25) is 4.79 Å². The molecule has 152 valence electrons. The van der Waals surface area contributed by atoms with E-state index in [4.69, 9.17) is 20.9 Å². The summed E-state index contributed by atoms with van der Waals surface area (Å²) in [6.07, 6.45) is -1.15. The highest BCUT2D eigenvalue weighted by atomic mass is 16.6. The van der Waals surface area contributed by atoms with Crippen LogP contribution in [0.4, 0.5) is 22.1 Å². The number of nitrogens with two attached hydrogens (primary N) is 2. The highest BCUT2D eigenvalue weighted by molar-refractivity contribution is 5.91. The molecule has 11 heteroatoms. The zero-order valence-electron chi connectivity index (χ0n) is 15.5. The Hall–Kier alpha value is -3.57. The molecule has 0 spiro atoms. The molecular weight excluding hydrogens is 378 g/mol. The Morgan fingerprint density at radius 3 is 2.79 bits per heavy atom. The van der Waals surface area contributed by atoms with Crippen LogP contribution in [0.5, 0.6) is 5.75 Å². The van der Waals surface area contributed by atoms with Crippen molar-refractivity contribution in [1.82, 2.24) is 9.88 Å². The van der Waals surface area contributed by atoms with Gasteiger partial charge < -0.3 is 31.2 Å². The molecule has 29 heavy (non-hydrogen) atoms. The molecule has 2 heterocycles. The summed E-state index contributed by atoms with van der Waals surface area (Å²) in [6.45, 7) is 0.709. The van der Waals surface area contributed by atoms with Gasteiger partial charge in [-0.2, -0.15) is 5.11 Å². The van der Waals surface area contributed by atoms with Crippen LogP contribution in [0.3, 0.4) is 0 Å². The number of amides is 2. The highest BCUT2D eigenvalue weighted by Gasteiger charge is 2.25. The molecule has 1 fully saturated rings. The maximum atomic E-state index is 12.3. The number of para-hydroxylation sites is 1. The van der Waals surface area contributed by atoms with Crippen molar-refractivity contribution in [3.8, 4) is 5.75 Å². The molecule has 0 bridgehead atoms. The number of nitrogen functional groups attached to an aromatic ring is 1. The minimum atomic E-state index is -0.664. The van der Waals surface area contributed by atoms with E-state index in [1.54, 1.807) is 30.3 Å². The summed E-state index contributed by atoms with van der Waals surface area (Å²) in [5.41, 5.74) is 11.4. The van der Waals surface area contributed by atoms with Gasteiger partial charge in [0.2, 0.25) is 5.91 Å². The van der Waals surface area contributed by atoms with Gasteiger partial charge in [-0.1, -0.05) is 18.2 Å². The summed E-state index contributed by atoms with van der Waals surface area (Å²) in [4.78, 5) is 29.1. The van der Waals surface area contributed by atoms with E-state index in [9.17, 15) is 9.59 Å². The molecule has 5 N–H and O–H groups in total. The van der Waals surface area contributed by atoms with Gasteiger partial charge in [0.25, 0.3) is 0 Å². The van der Waals surface area contributed by atoms with Crippen molar-refractivity contribution in [1.29, 1.82) is 0 Å². The van der Waals surface area contributed by atoms with Crippen molar-refractivity contribution in [2.75, 3.05) is 37.3 Å². The Bertz CT molecular complexity index is 891. The summed E-state index contributed by atoms with van der Waals surface area (Å²) in [6, 6.07) is 11.9. The number of carbonyl (C=O) groups excluding carboxylic acids is 2. The highest BCUT2D eigenvalue weighted by Crippen LogP contribution is 2.23. The Morgan fingerprint density at radius 1 is 1.28 bits per heavy atom. The largest absolute Gasteiger partial charge is 0.415 e. The van der Waals surface area contributed by atoms with Gasteiger partial charge in [-0.15, -0.1) is 5.11 Å². The third-order valence-corrected chi connectivity index (χ3v) is 3.90. The zero-order chi connectivity index (χ0) is 20.6. The maximum Gasteiger partial charge on any atom is 0.415 e. The second kappa shape index (κ2) is 9.57. The van der Waals surface area contributed by atoms with Crippen LogP contribution in [0.1, 0.15) is 0 Å². The Morgan fingerprint density at radius 2 is 2.07 bits per heavy atom. The molecule has 1 aromatic carbocycles. The lowest BCUT2D eigenvalue weighted by Crippen LogP contribution is -2.46. The fourth-order valence-electron chi connectivity index (χ4n) is 2.46. The van der Waals surface area contributed by atoms with Gasteiger partial charge in [0, 0.05) is 6.54 Å². The van der Waals surface area contributed by atoms with E-state index in [-0.39, 0.29) is 30.6 Å². The number of pyridine rings is 1. The minimum absolute atomic E-state index is 0.0831. The molecule has 3 rings (SSSR count). The van der Waals surface area contributed by atoms with Crippen LogP contribution in [-0.2, 0) is 9.53 Å². The summed E-state index contributed by atoms with van der Waals surface area (Å²) in [5, 5.41) is 10.6. The molecule has 2 aromatic rings. The average Bonchev–Trinajstić information content (AvgIpc) is 2.74. The van der Waals surface area contributed by atoms with Crippen LogP contribution < -0.4 is 21.5 Å². The SMILES string of the molecule is NCC(=O)Nc1ccc(N=NC2CN(C(=O)Oc3ccccc3)CCO2)c(N)n1. The van der Waals surface area contributed by atoms with Crippen molar-refractivity contribution in [2.24, 2.45) is 16.0 Å². The molecule has 1 aliphatic rings. The van der Waals surface area contributed by atoms with E-state index >= 15 is 0 Å². The summed E-state index contributed by atoms with van der Waals surface area (Å²) < 4.78 is 10.8. The Balaban J connectivity index is 1.59. The van der Waals surface area contributed by atoms with Gasteiger partial charge >= 0.3 is 6.09 Å². The first-order valence-corrected chi connectivity index (χ1v) is 8.86. The fraction of sp³-hybridized carbons (Fsp3) is 0.278. The number of benzene rings is 1. The standard InChI is InChI=1S/C18H21N7O4/c19-10-15(26)21-14-7-6-13(17(20)22-14)23-24-16-11-25(8-9-28-16)18(27)29-12-4-2-1-3-5-12/h1-7,16H,8-11,19H2,(H3,20,21,22,26). The number of morpholine rings is 1. The van der Waals surface area contributed by atoms with Crippen molar-refractivity contribution < 1.29 is 19.1 Å². The number of carbonyl (C=O) groups is 2. The average molecular weight is 399 g/mol. The lowest BCUT2D eigenvalue weighted by molar-refractivity contribution is -0.114. The smallest absolute Gasteiger partial charge is 0.410 e. The number of nitrogens with zero attached hydrogens (tertiary/aromatic N) is 4. The molecule has 1 aliphatic heterocycles. The number of azo groups is 1. The Kier molecular flexibility index (Phi) is 6.66. The second-order valence-electron chi connectivity index (χ2n) is 6.02. The third-order valence-electron chi connectivity index (χ3n) is 3.90. The van der Waals surface area contributed by atoms with Gasteiger partial charge in [-0.25, -0.2) is 9.78 Å². The first-order valence-electron chi connectivity index (χ1n) is 8.86. The summed E-state index contributed by atoms with van der Waals surface area (Å²) >= 11 is 0. The van der Waals surface area contributed by atoms with E-state index in [2.05, 4.69) is 20.5 Å². The molecule has 1 saturated heterocycles. The summed E-state index contributed by atoms with van der Waals surface area (Å²) in [5.74, 6) is 0.424. The number of nitrogens with one attached hydrogen (secondary N) is 1. The first kappa shape index (κ1) is 20.2. The van der Waals surface area contributed by atoms with E-state index in [1.165, 1.54) is 11.0 Å². The van der Waals surface area contributed by atoms with Gasteiger partial charge in [0.05, 0.1) is 19.7 Å². The number of hydrogen-bond acceptors (Lipinski definition) is 9. The molecule has 1 atom stereocenters. The maximum absolute atomic E-state index is 12.3. The van der Waals surface area contributed by atoms with Crippen molar-refractivity contribution in [2.45, 2.75) is 6.23 Å². The molecule has 11 nitrogen and oxygen atoms in total. The van der Waals surface area contributed by atoms with Gasteiger partial charge in [0.15, 0.2) is 12.0 Å². The van der Waals surface area contributed by atoms with Crippen LogP contribution in [0.15, 0.2) is 52.7 Å². The predicted octanol–water partition coefficient (Wildman–Crippen LogP) is 1.50. The summed E-state index contributed by atoms with van der Waals surface area (Å²) in [7, 11) is 0. The predicted molar refractivity (Wildman–Crippen MR) is 105 cm³/mol. The molecule has 1 unspecified atom stereocenters. The number of ether oxygens (including phenoxy) is 2. The number of anilines is 2. The lowest BCUT2D eigenvalue weighted by Gasteiger charge is -2.29. The topological polar surface area (TPSA) is 158 Å². The van der Waals surface area contributed by atoms with E-state index in [0.717, 1.165) is 0 Å². The third kappa shape index (κ3) is 5.70. The number of rotatable bonds is 5. The fourth-order valence-corrected chi connectivity index (χ4v) is 2.46. The van der Waals surface area contributed by atoms with Crippen molar-refractivity contribution in [3.63, 3.8) is 0 Å². The minimum Gasteiger partial charge on any atom is -0.410 e. The molecule has 0 radical (unpaired) electrons. The molecule has 0 saturated carbocycles. The normalized spacial score (nSPS) is 16.6. The van der Waals surface area contributed by atoms with E-state index in [0.29, 0.717) is 24.6 Å². The van der Waals surface area contributed by atoms with Crippen molar-refractivity contribution in [3.05, 3.63) is 42.5 Å². The quantitative estimate of drug-likeness (QED) is 0.643. The number of hydrogen-bond donors (Lipinski definition) is 3. The van der Waals surface area contributed by atoms with Gasteiger partial charge in [0.1, 0.15) is 17.3 Å². The van der Waals surface area contributed by atoms with E-state index in [1.807, 2.05) is 6.07 Å². The van der Waals surface area contributed by atoms with Crippen LogP contribution in [0.25, 0.3) is 0 Å². The molecule has 2 amide bonds. The van der Waals surface area contributed by atoms with E-state index < -0.39 is 12.3 Å². The van der Waals surface area contributed by atoms with Gasteiger partial charge in [-0.05, 0) is 24.3 Å². The van der Waals surface area contributed by atoms with Crippen LogP contribution >= 0.6 is 0 Å². The molecule has 1 aromatic heterocycles. The monoisotopic (exact) mass is 399 g/mol. The van der Waals surface area contributed by atoms with Crippen LogP contribution in [0.2, 0.25) is 0 Å². The van der Waals surface area contributed by atoms with Crippen LogP contribution in [-0.4, -0.2) is 54.4 Å². The molecule has 0 aliphatic carbocycles. The first-order chi connectivity index (χ1) is 14.0. The second-order valence-corrected chi connectivity index (χ2v) is 6.02. The van der Waals surface area contributed by atoms with Crippen molar-refractivity contribution >= 4 is 29.3 Å². The zero-order valence-corrected chi connectivity index (χ0v) is 15.5. The molecular formula is C18H21N7O4. The lowest BCUT2D eigenvalue weighted by atomic mass is 10.3.